The van der Waals surface area contributed by atoms with Gasteiger partial charge in [0.2, 0.25) is 0 Å². The maximum absolute atomic E-state index is 5.53. The molecule has 4 heteroatoms. The Morgan fingerprint density at radius 2 is 2.50 bits per heavy atom. The van der Waals surface area contributed by atoms with Crippen molar-refractivity contribution in [3.8, 4) is 0 Å². The summed E-state index contributed by atoms with van der Waals surface area (Å²) < 4.78 is 10.9. The second kappa shape index (κ2) is 5.39. The Bertz CT molecular complexity index is 310. The summed E-state index contributed by atoms with van der Waals surface area (Å²) >= 11 is 0. The molecule has 1 atom stereocenters. The fraction of sp³-hybridized carbons (Fsp3) is 0.583. The fourth-order valence-corrected chi connectivity index (χ4v) is 1.88. The van der Waals surface area contributed by atoms with Crippen LogP contribution in [0.1, 0.15) is 12.1 Å². The lowest BCUT2D eigenvalue weighted by Gasteiger charge is -2.25. The van der Waals surface area contributed by atoms with E-state index in [0.717, 1.165) is 31.8 Å². The lowest BCUT2D eigenvalue weighted by Crippen LogP contribution is -2.42. The number of nitrogens with one attached hydrogen (secondary N) is 1. The molecule has 88 valence electrons. The van der Waals surface area contributed by atoms with E-state index in [0.29, 0.717) is 6.61 Å². The highest BCUT2D eigenvalue weighted by molar-refractivity contribution is 5.03. The van der Waals surface area contributed by atoms with Gasteiger partial charge in [-0.15, -0.1) is 0 Å². The van der Waals surface area contributed by atoms with Gasteiger partial charge in [-0.05, 0) is 12.1 Å². The number of aromatic nitrogens is 1. The lowest BCUT2D eigenvalue weighted by atomic mass is 10.0. The van der Waals surface area contributed by atoms with E-state index in [1.807, 2.05) is 24.4 Å². The van der Waals surface area contributed by atoms with Crippen LogP contribution in [0.4, 0.5) is 0 Å². The second-order valence-corrected chi connectivity index (χ2v) is 4.11. The Balaban J connectivity index is 1.79. The van der Waals surface area contributed by atoms with Crippen LogP contribution in [-0.2, 0) is 16.0 Å². The van der Waals surface area contributed by atoms with Crippen LogP contribution in [0.15, 0.2) is 24.4 Å². The Morgan fingerprint density at radius 3 is 3.12 bits per heavy atom. The number of methoxy groups -OCH3 is 1. The average molecular weight is 222 g/mol. The number of rotatable bonds is 5. The molecule has 2 heterocycles. The van der Waals surface area contributed by atoms with Crippen molar-refractivity contribution in [1.29, 1.82) is 0 Å². The van der Waals surface area contributed by atoms with Crippen molar-refractivity contribution in [2.75, 3.05) is 26.9 Å². The maximum atomic E-state index is 5.53. The first-order chi connectivity index (χ1) is 7.85. The second-order valence-electron chi connectivity index (χ2n) is 4.11. The molecule has 1 aromatic heterocycles. The van der Waals surface area contributed by atoms with Crippen LogP contribution in [-0.4, -0.2) is 37.5 Å². The van der Waals surface area contributed by atoms with Crippen LogP contribution in [0.3, 0.4) is 0 Å². The van der Waals surface area contributed by atoms with Gasteiger partial charge in [0.25, 0.3) is 0 Å². The molecule has 2 rings (SSSR count). The van der Waals surface area contributed by atoms with Gasteiger partial charge in [-0.25, -0.2) is 0 Å². The van der Waals surface area contributed by atoms with Crippen LogP contribution in [0.25, 0.3) is 0 Å². The predicted octanol–water partition coefficient (Wildman–Crippen LogP) is 0.977. The normalized spacial score (nSPS) is 24.8. The number of pyridine rings is 1. The first-order valence-electron chi connectivity index (χ1n) is 5.58. The summed E-state index contributed by atoms with van der Waals surface area (Å²) in [5.41, 5.74) is 0.905. The molecule has 0 amide bonds. The van der Waals surface area contributed by atoms with Crippen LogP contribution >= 0.6 is 0 Å². The van der Waals surface area contributed by atoms with Crippen molar-refractivity contribution >= 4 is 0 Å². The molecule has 0 bridgehead atoms. The van der Waals surface area contributed by atoms with Gasteiger partial charge in [0.15, 0.2) is 0 Å². The van der Waals surface area contributed by atoms with E-state index in [1.54, 1.807) is 7.11 Å². The van der Waals surface area contributed by atoms with Crippen LogP contribution in [0.2, 0.25) is 0 Å². The molecule has 1 aliphatic rings. The van der Waals surface area contributed by atoms with Crippen molar-refractivity contribution in [1.82, 2.24) is 10.3 Å². The highest BCUT2D eigenvalue weighted by Crippen LogP contribution is 2.21. The fourth-order valence-electron chi connectivity index (χ4n) is 1.88. The predicted molar refractivity (Wildman–Crippen MR) is 61.1 cm³/mol. The first kappa shape index (κ1) is 11.5. The highest BCUT2D eigenvalue weighted by atomic mass is 16.5. The van der Waals surface area contributed by atoms with E-state index in [9.17, 15) is 0 Å². The van der Waals surface area contributed by atoms with E-state index in [2.05, 4.69) is 10.3 Å². The molecule has 4 nitrogen and oxygen atoms in total. The molecule has 0 aromatic carbocycles. The molecule has 0 aliphatic carbocycles. The van der Waals surface area contributed by atoms with Gasteiger partial charge in [0, 0.05) is 39.4 Å². The van der Waals surface area contributed by atoms with Crippen molar-refractivity contribution < 1.29 is 9.47 Å². The highest BCUT2D eigenvalue weighted by Gasteiger charge is 2.34. The van der Waals surface area contributed by atoms with Crippen molar-refractivity contribution in [3.63, 3.8) is 0 Å². The van der Waals surface area contributed by atoms with Crippen LogP contribution in [0, 0.1) is 0 Å². The van der Waals surface area contributed by atoms with Crippen molar-refractivity contribution in [2.24, 2.45) is 0 Å². The van der Waals surface area contributed by atoms with Gasteiger partial charge in [0.05, 0.1) is 12.3 Å². The summed E-state index contributed by atoms with van der Waals surface area (Å²) in [7, 11) is 1.75. The minimum absolute atomic E-state index is 0.144. The Labute approximate surface area is 96.0 Å². The lowest BCUT2D eigenvalue weighted by molar-refractivity contribution is -0.0159. The Hall–Kier alpha value is -0.970. The number of ether oxygens (including phenoxy) is 2. The molecule has 0 spiro atoms. The third-order valence-corrected chi connectivity index (χ3v) is 2.98. The zero-order valence-corrected chi connectivity index (χ0v) is 9.61. The topological polar surface area (TPSA) is 43.4 Å². The summed E-state index contributed by atoms with van der Waals surface area (Å²) in [4.78, 5) is 4.26. The Morgan fingerprint density at radius 1 is 1.56 bits per heavy atom. The molecule has 16 heavy (non-hydrogen) atoms. The van der Waals surface area contributed by atoms with Gasteiger partial charge in [-0.2, -0.15) is 0 Å². The minimum Gasteiger partial charge on any atom is -0.378 e. The summed E-state index contributed by atoms with van der Waals surface area (Å²) in [5.74, 6) is 0. The summed E-state index contributed by atoms with van der Waals surface area (Å²) in [6.07, 6.45) is 2.76. The third-order valence-electron chi connectivity index (χ3n) is 2.98. The molecular weight excluding hydrogens is 204 g/mol. The van der Waals surface area contributed by atoms with E-state index < -0.39 is 0 Å². The minimum atomic E-state index is -0.144. The van der Waals surface area contributed by atoms with Gasteiger partial charge < -0.3 is 14.8 Å². The molecule has 1 fully saturated rings. The third kappa shape index (κ3) is 2.78. The molecule has 1 unspecified atom stereocenters. The summed E-state index contributed by atoms with van der Waals surface area (Å²) in [5, 5.41) is 3.37. The molecule has 1 N–H and O–H groups in total. The molecule has 0 radical (unpaired) electrons. The van der Waals surface area contributed by atoms with Crippen molar-refractivity contribution in [2.45, 2.75) is 18.6 Å². The average Bonchev–Trinajstić information content (AvgIpc) is 2.80. The maximum Gasteiger partial charge on any atom is 0.106 e. The SMILES string of the molecule is COC1(CNCc2ccccn2)CCOC1. The quantitative estimate of drug-likeness (QED) is 0.806. The summed E-state index contributed by atoms with van der Waals surface area (Å²) in [6, 6.07) is 5.93. The monoisotopic (exact) mass is 222 g/mol. The molecular formula is C12H18N2O2. The van der Waals surface area contributed by atoms with Gasteiger partial charge >= 0.3 is 0 Å². The molecule has 0 saturated carbocycles. The number of nitrogens with zero attached hydrogens (tertiary/aromatic N) is 1. The number of hydrogen-bond donors (Lipinski definition) is 1. The number of hydrogen-bond acceptors (Lipinski definition) is 4. The van der Waals surface area contributed by atoms with E-state index in [1.165, 1.54) is 0 Å². The zero-order valence-electron chi connectivity index (χ0n) is 9.61. The van der Waals surface area contributed by atoms with Crippen molar-refractivity contribution in [3.05, 3.63) is 30.1 Å². The Kier molecular flexibility index (Phi) is 3.88. The van der Waals surface area contributed by atoms with Crippen LogP contribution in [0.5, 0.6) is 0 Å². The van der Waals surface area contributed by atoms with E-state index in [4.69, 9.17) is 9.47 Å². The van der Waals surface area contributed by atoms with Crippen LogP contribution < -0.4 is 5.32 Å². The first-order valence-corrected chi connectivity index (χ1v) is 5.58. The molecule has 1 aliphatic heterocycles. The largest absolute Gasteiger partial charge is 0.378 e. The van der Waals surface area contributed by atoms with Gasteiger partial charge in [-0.1, -0.05) is 6.07 Å². The standard InChI is InChI=1S/C12H18N2O2/c1-15-12(5-7-16-10-12)9-13-8-11-4-2-3-6-14-11/h2-4,6,13H,5,7-10H2,1H3. The zero-order chi connectivity index (χ0) is 11.3. The summed E-state index contributed by atoms with van der Waals surface area (Å²) in [6.45, 7) is 3.05. The molecule has 1 saturated heterocycles. The smallest absolute Gasteiger partial charge is 0.106 e. The van der Waals surface area contributed by atoms with E-state index in [-0.39, 0.29) is 5.60 Å². The van der Waals surface area contributed by atoms with Gasteiger partial charge in [-0.3, -0.25) is 4.98 Å². The molecule has 1 aromatic rings. The van der Waals surface area contributed by atoms with Gasteiger partial charge in [0.1, 0.15) is 5.60 Å². The van der Waals surface area contributed by atoms with E-state index >= 15 is 0 Å².